The molecule has 0 radical (unpaired) electrons. The van der Waals surface area contributed by atoms with Crippen molar-refractivity contribution in [1.29, 1.82) is 0 Å². The predicted molar refractivity (Wildman–Crippen MR) is 85.8 cm³/mol. The van der Waals surface area contributed by atoms with Gasteiger partial charge in [0, 0.05) is 37.0 Å². The molecular weight excluding hydrogens is 272 g/mol. The van der Waals surface area contributed by atoms with E-state index in [1.807, 2.05) is 0 Å². The van der Waals surface area contributed by atoms with Crippen LogP contribution < -0.4 is 10.2 Å². The number of hydrogen-bond acceptors (Lipinski definition) is 3. The van der Waals surface area contributed by atoms with Crippen molar-refractivity contribution in [2.75, 3.05) is 31.6 Å². The van der Waals surface area contributed by atoms with Crippen molar-refractivity contribution in [2.24, 2.45) is 0 Å². The van der Waals surface area contributed by atoms with Crippen molar-refractivity contribution in [1.82, 2.24) is 5.32 Å². The van der Waals surface area contributed by atoms with Crippen LogP contribution >= 0.6 is 11.6 Å². The van der Waals surface area contributed by atoms with Gasteiger partial charge in [-0.25, -0.2) is 0 Å². The van der Waals surface area contributed by atoms with E-state index in [-0.39, 0.29) is 0 Å². The van der Waals surface area contributed by atoms with Gasteiger partial charge >= 0.3 is 0 Å². The first-order chi connectivity index (χ1) is 9.65. The van der Waals surface area contributed by atoms with Crippen molar-refractivity contribution in [3.05, 3.63) is 28.8 Å². The highest BCUT2D eigenvalue weighted by molar-refractivity contribution is 6.31. The predicted octanol–water partition coefficient (Wildman–Crippen LogP) is 3.63. The Kier molecular flexibility index (Phi) is 5.70. The van der Waals surface area contributed by atoms with Gasteiger partial charge in [0.2, 0.25) is 0 Å². The minimum Gasteiger partial charge on any atom is -0.381 e. The molecule has 2 rings (SSSR count). The van der Waals surface area contributed by atoms with E-state index in [1.54, 1.807) is 7.11 Å². The van der Waals surface area contributed by atoms with E-state index in [0.717, 1.165) is 37.5 Å². The maximum absolute atomic E-state index is 6.44. The minimum atomic E-state index is 0.292. The van der Waals surface area contributed by atoms with Crippen LogP contribution in [-0.2, 0) is 4.74 Å². The van der Waals surface area contributed by atoms with Gasteiger partial charge in [-0.15, -0.1) is 0 Å². The summed E-state index contributed by atoms with van der Waals surface area (Å²) in [5, 5.41) is 4.25. The maximum Gasteiger partial charge on any atom is 0.0605 e. The van der Waals surface area contributed by atoms with Gasteiger partial charge in [0.05, 0.1) is 6.10 Å². The number of benzene rings is 1. The molecule has 112 valence electrons. The van der Waals surface area contributed by atoms with Crippen molar-refractivity contribution in [3.63, 3.8) is 0 Å². The zero-order valence-corrected chi connectivity index (χ0v) is 13.4. The molecule has 0 spiro atoms. The first-order valence-electron chi connectivity index (χ1n) is 7.46. The van der Waals surface area contributed by atoms with Crippen LogP contribution in [0.3, 0.4) is 0 Å². The molecule has 1 fully saturated rings. The van der Waals surface area contributed by atoms with Crippen LogP contribution in [-0.4, -0.2) is 32.8 Å². The lowest BCUT2D eigenvalue weighted by Crippen LogP contribution is -2.36. The Balaban J connectivity index is 2.05. The Morgan fingerprint density at radius 2 is 2.10 bits per heavy atom. The molecule has 0 saturated carbocycles. The molecule has 1 aliphatic rings. The summed E-state index contributed by atoms with van der Waals surface area (Å²) in [6.07, 6.45) is 2.59. The number of methoxy groups -OCH3 is 1. The Morgan fingerprint density at radius 1 is 1.40 bits per heavy atom. The van der Waals surface area contributed by atoms with E-state index in [0.29, 0.717) is 12.1 Å². The Bertz CT molecular complexity index is 430. The number of halogens is 1. The highest BCUT2D eigenvalue weighted by Crippen LogP contribution is 2.29. The summed E-state index contributed by atoms with van der Waals surface area (Å²) in [5.74, 6) is 0. The number of anilines is 1. The van der Waals surface area contributed by atoms with Crippen molar-refractivity contribution < 1.29 is 4.74 Å². The largest absolute Gasteiger partial charge is 0.381 e. The molecule has 0 aromatic heterocycles. The zero-order valence-electron chi connectivity index (χ0n) is 12.7. The van der Waals surface area contributed by atoms with E-state index < -0.39 is 0 Å². The monoisotopic (exact) mass is 296 g/mol. The van der Waals surface area contributed by atoms with Gasteiger partial charge < -0.3 is 15.0 Å². The number of hydrogen-bond donors (Lipinski definition) is 1. The van der Waals surface area contributed by atoms with Crippen molar-refractivity contribution in [2.45, 2.75) is 38.8 Å². The molecule has 1 unspecified atom stereocenters. The highest BCUT2D eigenvalue weighted by Gasteiger charge is 2.19. The number of rotatable bonds is 5. The van der Waals surface area contributed by atoms with Gasteiger partial charge in [-0.2, -0.15) is 0 Å². The van der Waals surface area contributed by atoms with Gasteiger partial charge in [-0.05, 0) is 44.0 Å². The van der Waals surface area contributed by atoms with E-state index >= 15 is 0 Å². The molecule has 1 atom stereocenters. The Labute approximate surface area is 127 Å². The normalized spacial score (nSPS) is 18.3. The van der Waals surface area contributed by atoms with Crippen LogP contribution in [0.15, 0.2) is 18.2 Å². The van der Waals surface area contributed by atoms with Crippen molar-refractivity contribution >= 4 is 17.3 Å². The number of nitrogens with zero attached hydrogens (tertiary/aromatic N) is 1. The summed E-state index contributed by atoms with van der Waals surface area (Å²) in [5.41, 5.74) is 2.39. The fraction of sp³-hybridized carbons (Fsp3) is 0.625. The molecular formula is C16H25ClN2O. The summed E-state index contributed by atoms with van der Waals surface area (Å²) in [4.78, 5) is 2.39. The van der Waals surface area contributed by atoms with Crippen LogP contribution in [0.25, 0.3) is 0 Å². The first-order valence-corrected chi connectivity index (χ1v) is 7.84. The minimum absolute atomic E-state index is 0.292. The highest BCUT2D eigenvalue weighted by atomic mass is 35.5. The van der Waals surface area contributed by atoms with Gasteiger partial charge in [-0.1, -0.05) is 24.6 Å². The number of nitrogens with one attached hydrogen (secondary N) is 1. The average Bonchev–Trinajstić information content (AvgIpc) is 2.47. The quantitative estimate of drug-likeness (QED) is 0.898. The Morgan fingerprint density at radius 3 is 2.65 bits per heavy atom. The number of ether oxygens (including phenoxy) is 1. The lowest BCUT2D eigenvalue weighted by atomic mass is 10.0. The first kappa shape index (κ1) is 15.6. The summed E-state index contributed by atoms with van der Waals surface area (Å²) in [6, 6.07) is 6.72. The molecule has 1 aromatic rings. The standard InChI is InChI=1S/C16H25ClN2O/c1-4-18-12(2)15-6-5-13(11-16(15)17)19-9-7-14(20-3)8-10-19/h5-6,11-12,14,18H,4,7-10H2,1-3H3. The van der Waals surface area contributed by atoms with Crippen LogP contribution in [0.1, 0.15) is 38.3 Å². The molecule has 4 heteroatoms. The van der Waals surface area contributed by atoms with E-state index in [2.05, 4.69) is 42.3 Å². The zero-order chi connectivity index (χ0) is 14.5. The fourth-order valence-corrected chi connectivity index (χ4v) is 3.17. The third kappa shape index (κ3) is 3.66. The third-order valence-corrected chi connectivity index (χ3v) is 4.43. The molecule has 3 nitrogen and oxygen atoms in total. The molecule has 1 aromatic carbocycles. The summed E-state index contributed by atoms with van der Waals surface area (Å²) in [7, 11) is 1.80. The second-order valence-corrected chi connectivity index (χ2v) is 5.81. The second kappa shape index (κ2) is 7.30. The average molecular weight is 297 g/mol. The van der Waals surface area contributed by atoms with Crippen LogP contribution in [0.5, 0.6) is 0 Å². The van der Waals surface area contributed by atoms with Gasteiger partial charge in [-0.3, -0.25) is 0 Å². The van der Waals surface area contributed by atoms with Crippen LogP contribution in [0.4, 0.5) is 5.69 Å². The third-order valence-electron chi connectivity index (χ3n) is 4.10. The molecule has 0 aliphatic carbocycles. The lowest BCUT2D eigenvalue weighted by Gasteiger charge is -2.33. The fourth-order valence-electron chi connectivity index (χ4n) is 2.83. The maximum atomic E-state index is 6.44. The number of piperidine rings is 1. The molecule has 0 amide bonds. The molecule has 1 N–H and O–H groups in total. The topological polar surface area (TPSA) is 24.5 Å². The molecule has 1 saturated heterocycles. The molecule has 1 heterocycles. The second-order valence-electron chi connectivity index (χ2n) is 5.41. The lowest BCUT2D eigenvalue weighted by molar-refractivity contribution is 0.0819. The van der Waals surface area contributed by atoms with E-state index in [9.17, 15) is 0 Å². The molecule has 0 bridgehead atoms. The van der Waals surface area contributed by atoms with Crippen LogP contribution in [0.2, 0.25) is 5.02 Å². The Hall–Kier alpha value is -0.770. The summed E-state index contributed by atoms with van der Waals surface area (Å²) < 4.78 is 5.42. The smallest absolute Gasteiger partial charge is 0.0605 e. The molecule has 20 heavy (non-hydrogen) atoms. The van der Waals surface area contributed by atoms with Gasteiger partial charge in [0.25, 0.3) is 0 Å². The van der Waals surface area contributed by atoms with Crippen molar-refractivity contribution in [3.8, 4) is 0 Å². The summed E-state index contributed by atoms with van der Waals surface area (Å²) in [6.45, 7) is 7.28. The summed E-state index contributed by atoms with van der Waals surface area (Å²) >= 11 is 6.44. The van der Waals surface area contributed by atoms with Gasteiger partial charge in [0.1, 0.15) is 0 Å². The van der Waals surface area contributed by atoms with Crippen LogP contribution in [0, 0.1) is 0 Å². The van der Waals surface area contributed by atoms with E-state index in [4.69, 9.17) is 16.3 Å². The SMILES string of the molecule is CCNC(C)c1ccc(N2CCC(OC)CC2)cc1Cl. The van der Waals surface area contributed by atoms with E-state index in [1.165, 1.54) is 11.3 Å². The van der Waals surface area contributed by atoms with Gasteiger partial charge in [0.15, 0.2) is 0 Å². The molecule has 1 aliphatic heterocycles.